The van der Waals surface area contributed by atoms with Crippen LogP contribution in [-0.2, 0) is 5.41 Å². The van der Waals surface area contributed by atoms with E-state index in [4.69, 9.17) is 4.74 Å². The number of quaternary nitrogens is 1. The predicted octanol–water partition coefficient (Wildman–Crippen LogP) is 2.73. The summed E-state index contributed by atoms with van der Waals surface area (Å²) in [5.41, 5.74) is 2.58. The van der Waals surface area contributed by atoms with Gasteiger partial charge in [-0.05, 0) is 30.2 Å². The Balaban J connectivity index is 1.85. The van der Waals surface area contributed by atoms with E-state index >= 15 is 0 Å². The number of aliphatic hydroxyl groups is 1. The fourth-order valence-electron chi connectivity index (χ4n) is 2.77. The molecule has 0 saturated heterocycles. The van der Waals surface area contributed by atoms with Gasteiger partial charge in [-0.3, -0.25) is 0 Å². The minimum absolute atomic E-state index is 0.0181. The van der Waals surface area contributed by atoms with E-state index in [2.05, 4.69) is 73.8 Å². The van der Waals surface area contributed by atoms with E-state index in [0.29, 0.717) is 6.61 Å². The fourth-order valence-corrected chi connectivity index (χ4v) is 2.77. The summed E-state index contributed by atoms with van der Waals surface area (Å²) < 4.78 is 5.80. The zero-order valence-electron chi connectivity index (χ0n) is 15.0. The van der Waals surface area contributed by atoms with Crippen molar-refractivity contribution in [2.75, 3.05) is 19.7 Å². The number of aliphatic hydroxyl groups excluding tert-OH is 1. The topological polar surface area (TPSA) is 46.1 Å². The molecule has 0 fully saturated rings. The van der Waals surface area contributed by atoms with Gasteiger partial charge in [-0.15, -0.1) is 0 Å². The maximum atomic E-state index is 9.20. The van der Waals surface area contributed by atoms with Crippen LogP contribution in [0.5, 0.6) is 5.75 Å². The fraction of sp³-hybridized carbons (Fsp3) is 0.429. The van der Waals surface area contributed by atoms with Crippen LogP contribution in [0.3, 0.4) is 0 Å². The Morgan fingerprint density at radius 2 is 1.62 bits per heavy atom. The van der Waals surface area contributed by atoms with Crippen molar-refractivity contribution in [3.05, 3.63) is 65.7 Å². The van der Waals surface area contributed by atoms with Crippen molar-refractivity contribution in [2.45, 2.75) is 38.7 Å². The van der Waals surface area contributed by atoms with Gasteiger partial charge < -0.3 is 15.2 Å². The van der Waals surface area contributed by atoms with Gasteiger partial charge in [0, 0.05) is 11.8 Å². The molecule has 0 aliphatic carbocycles. The number of hydrogen-bond donors (Lipinski definition) is 2. The molecule has 2 aromatic carbocycles. The van der Waals surface area contributed by atoms with E-state index in [0.717, 1.165) is 25.3 Å². The Morgan fingerprint density at radius 1 is 1.00 bits per heavy atom. The first-order chi connectivity index (χ1) is 11.5. The summed E-state index contributed by atoms with van der Waals surface area (Å²) in [5, 5.41) is 11.3. The van der Waals surface area contributed by atoms with Crippen LogP contribution in [0.1, 0.15) is 38.3 Å². The monoisotopic (exact) mass is 328 g/mol. The van der Waals surface area contributed by atoms with Crippen molar-refractivity contribution in [1.82, 2.24) is 0 Å². The molecule has 0 spiro atoms. The summed E-state index contributed by atoms with van der Waals surface area (Å²) in [7, 11) is 0. The molecule has 0 aromatic heterocycles. The summed E-state index contributed by atoms with van der Waals surface area (Å²) in [6, 6.07) is 19.0. The van der Waals surface area contributed by atoms with E-state index in [-0.39, 0.29) is 11.5 Å². The molecule has 0 amide bonds. The normalized spacial score (nSPS) is 12.8. The molecule has 1 atom stereocenters. The third kappa shape index (κ3) is 5.36. The molecule has 0 aliphatic heterocycles. The summed E-state index contributed by atoms with van der Waals surface area (Å²) in [6.07, 6.45) is 0.732. The van der Waals surface area contributed by atoms with Gasteiger partial charge in [0.15, 0.2) is 0 Å². The average Bonchev–Trinajstić information content (AvgIpc) is 2.59. The van der Waals surface area contributed by atoms with Gasteiger partial charge in [-0.25, -0.2) is 0 Å². The number of hydrogen-bond acceptors (Lipinski definition) is 2. The van der Waals surface area contributed by atoms with Gasteiger partial charge in [0.05, 0.1) is 19.3 Å². The third-order valence-electron chi connectivity index (χ3n) is 4.40. The molecule has 3 nitrogen and oxygen atoms in total. The molecule has 2 aromatic rings. The minimum atomic E-state index is -0.244. The Morgan fingerprint density at radius 3 is 2.25 bits per heavy atom. The zero-order chi connectivity index (χ0) is 17.4. The predicted molar refractivity (Wildman–Crippen MR) is 98.5 cm³/mol. The Hall–Kier alpha value is -1.84. The lowest BCUT2D eigenvalue weighted by atomic mass is 9.78. The smallest absolute Gasteiger partial charge is 0.119 e. The largest absolute Gasteiger partial charge is 0.493 e. The minimum Gasteiger partial charge on any atom is -0.493 e. The number of nitrogens with two attached hydrogens (primary N) is 1. The molecule has 3 N–H and O–H groups in total. The molecule has 24 heavy (non-hydrogen) atoms. The molecule has 3 heteroatoms. The molecule has 0 unspecified atom stereocenters. The standard InChI is InChI=1S/C21H29NO2/c1-17(23)16-22-14-7-15-24-20-12-10-19(11-13-20)21(2,3)18-8-5-4-6-9-18/h4-6,8-13,17,22-23H,7,14-16H2,1-3H3/p+1/t17-/m1/s1. The first-order valence-corrected chi connectivity index (χ1v) is 8.79. The summed E-state index contributed by atoms with van der Waals surface area (Å²) in [6.45, 7) is 8.74. The van der Waals surface area contributed by atoms with Gasteiger partial charge in [0.25, 0.3) is 0 Å². The van der Waals surface area contributed by atoms with Crippen molar-refractivity contribution in [2.24, 2.45) is 0 Å². The first-order valence-electron chi connectivity index (χ1n) is 8.79. The van der Waals surface area contributed by atoms with Crippen LogP contribution in [0.2, 0.25) is 0 Å². The van der Waals surface area contributed by atoms with Crippen LogP contribution in [0, 0.1) is 0 Å². The van der Waals surface area contributed by atoms with Crippen LogP contribution < -0.4 is 10.1 Å². The van der Waals surface area contributed by atoms with E-state index in [1.807, 2.05) is 6.92 Å². The molecule has 0 saturated carbocycles. The van der Waals surface area contributed by atoms with E-state index in [1.54, 1.807) is 0 Å². The van der Waals surface area contributed by atoms with Crippen molar-refractivity contribution in [3.8, 4) is 5.75 Å². The molecule has 130 valence electrons. The molecule has 0 bridgehead atoms. The molecule has 0 aliphatic rings. The van der Waals surface area contributed by atoms with Gasteiger partial charge >= 0.3 is 0 Å². The third-order valence-corrected chi connectivity index (χ3v) is 4.40. The van der Waals surface area contributed by atoms with Crippen LogP contribution in [0.4, 0.5) is 0 Å². The Kier molecular flexibility index (Phi) is 6.83. The second-order valence-corrected chi connectivity index (χ2v) is 6.88. The summed E-state index contributed by atoms with van der Waals surface area (Å²) >= 11 is 0. The highest BCUT2D eigenvalue weighted by Crippen LogP contribution is 2.32. The lowest BCUT2D eigenvalue weighted by Gasteiger charge is -2.26. The SMILES string of the molecule is C[C@@H](O)C[NH2+]CCCOc1ccc(C(C)(C)c2ccccc2)cc1. The van der Waals surface area contributed by atoms with Crippen molar-refractivity contribution >= 4 is 0 Å². The van der Waals surface area contributed by atoms with E-state index < -0.39 is 0 Å². The number of ether oxygens (including phenoxy) is 1. The van der Waals surface area contributed by atoms with Crippen LogP contribution in [0.15, 0.2) is 54.6 Å². The lowest BCUT2D eigenvalue weighted by molar-refractivity contribution is -0.660. The summed E-state index contributed by atoms with van der Waals surface area (Å²) in [4.78, 5) is 0. The average molecular weight is 328 g/mol. The number of rotatable bonds is 9. The molecular formula is C21H30NO2+. The number of benzene rings is 2. The maximum absolute atomic E-state index is 9.20. The lowest BCUT2D eigenvalue weighted by Crippen LogP contribution is -2.86. The second kappa shape index (κ2) is 8.86. The van der Waals surface area contributed by atoms with Crippen molar-refractivity contribution in [1.29, 1.82) is 0 Å². The van der Waals surface area contributed by atoms with Crippen molar-refractivity contribution in [3.63, 3.8) is 0 Å². The summed E-state index contributed by atoms with van der Waals surface area (Å²) in [5.74, 6) is 0.915. The van der Waals surface area contributed by atoms with Crippen LogP contribution in [-0.4, -0.2) is 30.9 Å². The molecular weight excluding hydrogens is 298 g/mol. The van der Waals surface area contributed by atoms with Gasteiger partial charge in [-0.1, -0.05) is 56.3 Å². The molecule has 2 rings (SSSR count). The van der Waals surface area contributed by atoms with E-state index in [1.165, 1.54) is 11.1 Å². The zero-order valence-corrected chi connectivity index (χ0v) is 15.0. The highest BCUT2D eigenvalue weighted by molar-refractivity contribution is 5.39. The van der Waals surface area contributed by atoms with E-state index in [9.17, 15) is 5.11 Å². The van der Waals surface area contributed by atoms with Crippen LogP contribution >= 0.6 is 0 Å². The van der Waals surface area contributed by atoms with Gasteiger partial charge in [0.1, 0.15) is 12.3 Å². The first kappa shape index (κ1) is 18.5. The maximum Gasteiger partial charge on any atom is 0.119 e. The second-order valence-electron chi connectivity index (χ2n) is 6.88. The Labute approximate surface area is 145 Å². The van der Waals surface area contributed by atoms with Gasteiger partial charge in [-0.2, -0.15) is 0 Å². The highest BCUT2D eigenvalue weighted by Gasteiger charge is 2.22. The highest BCUT2D eigenvalue weighted by atomic mass is 16.5. The van der Waals surface area contributed by atoms with Crippen molar-refractivity contribution < 1.29 is 15.2 Å². The Bertz CT molecular complexity index is 591. The van der Waals surface area contributed by atoms with Crippen LogP contribution in [0.25, 0.3) is 0 Å². The molecule has 0 heterocycles. The van der Waals surface area contributed by atoms with Gasteiger partial charge in [0.2, 0.25) is 0 Å². The molecule has 0 radical (unpaired) electrons. The quantitative estimate of drug-likeness (QED) is 0.695.